The first kappa shape index (κ1) is 16.0. The molecule has 0 unspecified atom stereocenters. The molecular formula is C16H24N4O3. The third kappa shape index (κ3) is 3.24. The van der Waals surface area contributed by atoms with E-state index in [1.165, 1.54) is 16.8 Å². The van der Waals surface area contributed by atoms with Gasteiger partial charge in [-0.25, -0.2) is 4.79 Å². The number of hydrogen-bond donors (Lipinski definition) is 2. The van der Waals surface area contributed by atoms with Crippen LogP contribution in [0.3, 0.4) is 0 Å². The fraction of sp³-hybridized carbons (Fsp3) is 0.688. The fourth-order valence-electron chi connectivity index (χ4n) is 3.90. The molecule has 1 aromatic rings. The van der Waals surface area contributed by atoms with Crippen LogP contribution in [0.4, 0.5) is 0 Å². The smallest absolute Gasteiger partial charge is 0.328 e. The number of hydrogen-bond acceptors (Lipinski definition) is 4. The molecule has 3 heterocycles. The van der Waals surface area contributed by atoms with Crippen LogP contribution in [0, 0.1) is 0 Å². The number of amides is 1. The van der Waals surface area contributed by atoms with Gasteiger partial charge in [0.25, 0.3) is 5.56 Å². The summed E-state index contributed by atoms with van der Waals surface area (Å²) in [5.74, 6) is -0.0567. The Kier molecular flexibility index (Phi) is 4.39. The van der Waals surface area contributed by atoms with Crippen molar-refractivity contribution in [1.82, 2.24) is 19.8 Å². The van der Waals surface area contributed by atoms with Crippen molar-refractivity contribution in [2.24, 2.45) is 0 Å². The van der Waals surface area contributed by atoms with Crippen LogP contribution < -0.4 is 16.6 Å². The first-order chi connectivity index (χ1) is 11.0. The lowest BCUT2D eigenvalue weighted by Crippen LogP contribution is -2.63. The summed E-state index contributed by atoms with van der Waals surface area (Å²) in [4.78, 5) is 39.8. The van der Waals surface area contributed by atoms with Gasteiger partial charge in [0.1, 0.15) is 6.54 Å². The second-order valence-electron chi connectivity index (χ2n) is 6.78. The molecule has 7 nitrogen and oxygen atoms in total. The highest BCUT2D eigenvalue weighted by Gasteiger charge is 2.43. The summed E-state index contributed by atoms with van der Waals surface area (Å²) in [6, 6.07) is 1.44. The molecule has 1 aromatic heterocycles. The Morgan fingerprint density at radius 3 is 2.96 bits per heavy atom. The minimum absolute atomic E-state index is 0.0256. The van der Waals surface area contributed by atoms with Crippen LogP contribution in [0.2, 0.25) is 0 Å². The van der Waals surface area contributed by atoms with E-state index < -0.39 is 11.2 Å². The molecule has 2 saturated heterocycles. The van der Waals surface area contributed by atoms with Crippen molar-refractivity contribution in [1.29, 1.82) is 0 Å². The Morgan fingerprint density at radius 1 is 1.35 bits per heavy atom. The second kappa shape index (κ2) is 6.31. The molecule has 0 radical (unpaired) electrons. The first-order valence-electron chi connectivity index (χ1n) is 8.34. The van der Waals surface area contributed by atoms with Crippen LogP contribution in [-0.4, -0.2) is 45.0 Å². The third-order valence-electron chi connectivity index (χ3n) is 5.16. The summed E-state index contributed by atoms with van der Waals surface area (Å²) in [7, 11) is 0. The van der Waals surface area contributed by atoms with Crippen LogP contribution in [0.5, 0.6) is 0 Å². The SMILES string of the molecule is C[C@]12CCCN(C(=O)Cn3ccc(=O)[nH]c3=O)[C@H]1CCCCN2. The number of aromatic nitrogens is 2. The van der Waals surface area contributed by atoms with Gasteiger partial charge in [0.05, 0.1) is 0 Å². The monoisotopic (exact) mass is 320 g/mol. The summed E-state index contributed by atoms with van der Waals surface area (Å²) in [5.41, 5.74) is -1.03. The lowest BCUT2D eigenvalue weighted by molar-refractivity contribution is -0.138. The summed E-state index contributed by atoms with van der Waals surface area (Å²) < 4.78 is 1.26. The number of carbonyl (C=O) groups excluding carboxylic acids is 1. The molecule has 0 bridgehead atoms. The van der Waals surface area contributed by atoms with Gasteiger partial charge in [0.2, 0.25) is 5.91 Å². The average Bonchev–Trinajstić information content (AvgIpc) is 2.70. The normalized spacial score (nSPS) is 28.0. The lowest BCUT2D eigenvalue weighted by atomic mass is 9.81. The molecule has 7 heteroatoms. The standard InChI is InChI=1S/C16H24N4O3/c1-16-7-4-9-20(12(16)5-2-3-8-17-16)14(22)11-19-10-6-13(21)18-15(19)23/h6,10,12,17H,2-5,7-9,11H2,1H3,(H,18,21,23)/t12-,16-/m0/s1. The number of H-pyrrole nitrogens is 1. The highest BCUT2D eigenvalue weighted by Crippen LogP contribution is 2.32. The first-order valence-corrected chi connectivity index (χ1v) is 8.34. The Morgan fingerprint density at radius 2 is 2.17 bits per heavy atom. The Hall–Kier alpha value is -1.89. The summed E-state index contributed by atoms with van der Waals surface area (Å²) in [6.45, 7) is 3.91. The topological polar surface area (TPSA) is 87.2 Å². The van der Waals surface area contributed by atoms with Crippen LogP contribution in [0.15, 0.2) is 21.9 Å². The summed E-state index contributed by atoms with van der Waals surface area (Å²) >= 11 is 0. The van der Waals surface area contributed by atoms with Gasteiger partial charge >= 0.3 is 5.69 Å². The van der Waals surface area contributed by atoms with E-state index in [0.29, 0.717) is 0 Å². The average molecular weight is 320 g/mol. The van der Waals surface area contributed by atoms with Crippen LogP contribution in [0.1, 0.15) is 39.0 Å². The molecule has 2 N–H and O–H groups in total. The minimum atomic E-state index is -0.537. The summed E-state index contributed by atoms with van der Waals surface area (Å²) in [5, 5.41) is 3.62. The van der Waals surface area contributed by atoms with Crippen molar-refractivity contribution >= 4 is 5.91 Å². The van der Waals surface area contributed by atoms with Crippen LogP contribution in [-0.2, 0) is 11.3 Å². The van der Waals surface area contributed by atoms with E-state index in [4.69, 9.17) is 0 Å². The number of likely N-dealkylation sites (tertiary alicyclic amines) is 1. The van der Waals surface area contributed by atoms with Gasteiger partial charge in [-0.15, -0.1) is 0 Å². The van der Waals surface area contributed by atoms with Crippen molar-refractivity contribution in [2.75, 3.05) is 13.1 Å². The van der Waals surface area contributed by atoms with E-state index in [-0.39, 0.29) is 24.0 Å². The molecule has 0 aliphatic carbocycles. The zero-order valence-electron chi connectivity index (χ0n) is 13.5. The van der Waals surface area contributed by atoms with E-state index >= 15 is 0 Å². The molecular weight excluding hydrogens is 296 g/mol. The molecule has 1 amide bonds. The number of nitrogens with zero attached hydrogens (tertiary/aromatic N) is 2. The van der Waals surface area contributed by atoms with E-state index in [9.17, 15) is 14.4 Å². The molecule has 126 valence electrons. The fourth-order valence-corrected chi connectivity index (χ4v) is 3.90. The van der Waals surface area contributed by atoms with Crippen molar-refractivity contribution in [3.05, 3.63) is 33.1 Å². The minimum Gasteiger partial charge on any atom is -0.336 e. The van der Waals surface area contributed by atoms with E-state index in [2.05, 4.69) is 17.2 Å². The molecule has 2 atom stereocenters. The molecule has 2 aliphatic heterocycles. The van der Waals surface area contributed by atoms with Crippen molar-refractivity contribution in [3.8, 4) is 0 Å². The van der Waals surface area contributed by atoms with Gasteiger partial charge in [0, 0.05) is 30.4 Å². The maximum atomic E-state index is 12.8. The van der Waals surface area contributed by atoms with Gasteiger partial charge < -0.3 is 10.2 Å². The molecule has 2 aliphatic rings. The zero-order valence-corrected chi connectivity index (χ0v) is 13.5. The van der Waals surface area contributed by atoms with Crippen molar-refractivity contribution in [2.45, 2.75) is 57.2 Å². The van der Waals surface area contributed by atoms with Crippen molar-refractivity contribution < 1.29 is 4.79 Å². The van der Waals surface area contributed by atoms with Crippen LogP contribution in [0.25, 0.3) is 0 Å². The lowest BCUT2D eigenvalue weighted by Gasteiger charge is -2.48. The van der Waals surface area contributed by atoms with E-state index in [1.54, 1.807) is 0 Å². The highest BCUT2D eigenvalue weighted by atomic mass is 16.2. The third-order valence-corrected chi connectivity index (χ3v) is 5.16. The molecule has 0 spiro atoms. The molecule has 0 aromatic carbocycles. The Balaban J connectivity index is 1.80. The number of piperidine rings is 1. The zero-order chi connectivity index (χ0) is 16.4. The molecule has 0 saturated carbocycles. The van der Waals surface area contributed by atoms with E-state index in [0.717, 1.165) is 45.2 Å². The second-order valence-corrected chi connectivity index (χ2v) is 6.78. The Labute approximate surface area is 134 Å². The number of rotatable bonds is 2. The van der Waals surface area contributed by atoms with Crippen molar-refractivity contribution in [3.63, 3.8) is 0 Å². The van der Waals surface area contributed by atoms with Gasteiger partial charge in [-0.05, 0) is 39.2 Å². The predicted molar refractivity (Wildman–Crippen MR) is 86.3 cm³/mol. The molecule has 2 fully saturated rings. The largest absolute Gasteiger partial charge is 0.336 e. The van der Waals surface area contributed by atoms with E-state index in [1.807, 2.05) is 4.90 Å². The number of carbonyl (C=O) groups is 1. The van der Waals surface area contributed by atoms with Crippen LogP contribution >= 0.6 is 0 Å². The number of nitrogens with one attached hydrogen (secondary N) is 2. The maximum Gasteiger partial charge on any atom is 0.328 e. The highest BCUT2D eigenvalue weighted by molar-refractivity contribution is 5.76. The predicted octanol–water partition coefficient (Wildman–Crippen LogP) is 0.0598. The number of aromatic amines is 1. The maximum absolute atomic E-state index is 12.8. The number of fused-ring (bicyclic) bond motifs is 1. The Bertz CT molecular complexity index is 695. The van der Waals surface area contributed by atoms with Gasteiger partial charge in [-0.1, -0.05) is 6.42 Å². The molecule has 23 heavy (non-hydrogen) atoms. The quantitative estimate of drug-likeness (QED) is 0.807. The van der Waals surface area contributed by atoms with Gasteiger partial charge in [0.15, 0.2) is 0 Å². The van der Waals surface area contributed by atoms with Gasteiger partial charge in [-0.3, -0.25) is 19.1 Å². The summed E-state index contributed by atoms with van der Waals surface area (Å²) in [6.07, 6.45) is 6.65. The molecule has 3 rings (SSSR count). The van der Waals surface area contributed by atoms with Gasteiger partial charge in [-0.2, -0.15) is 0 Å².